The molecule has 0 aromatic heterocycles. The summed E-state index contributed by atoms with van der Waals surface area (Å²) in [5.74, 6) is 0.634. The third-order valence-corrected chi connectivity index (χ3v) is 3.76. The number of halogens is 3. The number of amides is 1. The van der Waals surface area contributed by atoms with Gasteiger partial charge in [-0.2, -0.15) is 13.2 Å². The van der Waals surface area contributed by atoms with Crippen molar-refractivity contribution in [1.82, 2.24) is 5.32 Å². The summed E-state index contributed by atoms with van der Waals surface area (Å²) in [5.41, 5.74) is 0.788. The second-order valence-corrected chi connectivity index (χ2v) is 6.20. The van der Waals surface area contributed by atoms with Crippen molar-refractivity contribution in [2.24, 2.45) is 5.92 Å². The Balaban J connectivity index is 2.06. The Morgan fingerprint density at radius 1 is 1.20 bits per heavy atom. The van der Waals surface area contributed by atoms with Crippen LogP contribution in [-0.2, 0) is 9.53 Å². The molecule has 8 heteroatoms. The van der Waals surface area contributed by atoms with E-state index >= 15 is 0 Å². The summed E-state index contributed by atoms with van der Waals surface area (Å²) < 4.78 is 52.2. The second kappa shape index (κ2) is 7.95. The lowest BCUT2D eigenvalue weighted by Gasteiger charge is -2.26. The molecule has 0 aliphatic carbocycles. The number of nitrogens with one attached hydrogen (secondary N) is 1. The summed E-state index contributed by atoms with van der Waals surface area (Å²) in [6, 6.07) is 4.95. The van der Waals surface area contributed by atoms with Crippen LogP contribution in [0.15, 0.2) is 18.2 Å². The Morgan fingerprint density at radius 2 is 1.84 bits per heavy atom. The van der Waals surface area contributed by atoms with Crippen LogP contribution in [-0.4, -0.2) is 38.0 Å². The second-order valence-electron chi connectivity index (χ2n) is 6.20. The molecule has 2 rings (SSSR count). The molecule has 0 radical (unpaired) electrons. The number of carbonyl (C=O) groups excluding carboxylic acids is 1. The summed E-state index contributed by atoms with van der Waals surface area (Å²) >= 11 is 0. The zero-order valence-electron chi connectivity index (χ0n) is 14.4. The number of fused-ring (bicyclic) bond motifs is 1. The van der Waals surface area contributed by atoms with Gasteiger partial charge in [-0.3, -0.25) is 4.79 Å². The molecule has 140 valence electrons. The molecule has 1 N–H and O–H groups in total. The van der Waals surface area contributed by atoms with Crippen molar-refractivity contribution in [1.29, 1.82) is 0 Å². The van der Waals surface area contributed by atoms with Gasteiger partial charge in [0.1, 0.15) is 25.9 Å². The van der Waals surface area contributed by atoms with Gasteiger partial charge in [0.15, 0.2) is 11.5 Å². The van der Waals surface area contributed by atoms with Crippen molar-refractivity contribution < 1.29 is 32.2 Å². The number of carbonyl (C=O) groups is 1. The molecule has 0 unspecified atom stereocenters. The minimum Gasteiger partial charge on any atom is -0.486 e. The Labute approximate surface area is 144 Å². The van der Waals surface area contributed by atoms with E-state index in [4.69, 9.17) is 9.47 Å². The number of hydrogen-bond acceptors (Lipinski definition) is 4. The fourth-order valence-electron chi connectivity index (χ4n) is 2.45. The van der Waals surface area contributed by atoms with Crippen LogP contribution in [0, 0.1) is 5.92 Å². The van der Waals surface area contributed by atoms with Gasteiger partial charge < -0.3 is 19.5 Å². The third kappa shape index (κ3) is 5.52. The molecule has 1 aliphatic rings. The smallest absolute Gasteiger partial charge is 0.411 e. The molecule has 0 spiro atoms. The zero-order chi connectivity index (χ0) is 18.6. The molecule has 1 aliphatic heterocycles. The third-order valence-electron chi connectivity index (χ3n) is 3.76. The van der Waals surface area contributed by atoms with Gasteiger partial charge in [0.05, 0.1) is 6.04 Å². The van der Waals surface area contributed by atoms with Crippen LogP contribution in [0.5, 0.6) is 11.5 Å². The maximum Gasteiger partial charge on any atom is 0.411 e. The maximum atomic E-state index is 12.2. The van der Waals surface area contributed by atoms with Crippen LogP contribution in [0.2, 0.25) is 0 Å². The molecule has 1 aromatic rings. The first-order valence-corrected chi connectivity index (χ1v) is 8.05. The van der Waals surface area contributed by atoms with E-state index in [0.29, 0.717) is 24.7 Å². The average molecular weight is 361 g/mol. The number of hydrogen-bond donors (Lipinski definition) is 1. The highest BCUT2D eigenvalue weighted by molar-refractivity contribution is 5.80. The average Bonchev–Trinajstić information content (AvgIpc) is 2.55. The van der Waals surface area contributed by atoms with E-state index in [1.54, 1.807) is 18.2 Å². The van der Waals surface area contributed by atoms with Gasteiger partial charge in [0, 0.05) is 0 Å². The SMILES string of the molecule is CC(C)[C@H](NC(=O)[C@H](C)OCC(F)(F)F)c1ccc2c(c1)OCCO2. The summed E-state index contributed by atoms with van der Waals surface area (Å²) in [7, 11) is 0. The van der Waals surface area contributed by atoms with Gasteiger partial charge in [-0.05, 0) is 30.5 Å². The molecule has 25 heavy (non-hydrogen) atoms. The zero-order valence-corrected chi connectivity index (χ0v) is 14.4. The lowest BCUT2D eigenvalue weighted by Crippen LogP contribution is -2.40. The summed E-state index contributed by atoms with van der Waals surface area (Å²) in [5, 5.41) is 2.75. The quantitative estimate of drug-likeness (QED) is 0.845. The van der Waals surface area contributed by atoms with E-state index in [1.165, 1.54) is 6.92 Å². The number of ether oxygens (including phenoxy) is 3. The highest BCUT2D eigenvalue weighted by atomic mass is 19.4. The van der Waals surface area contributed by atoms with E-state index in [0.717, 1.165) is 5.56 Å². The molecule has 0 saturated heterocycles. The van der Waals surface area contributed by atoms with Crippen LogP contribution < -0.4 is 14.8 Å². The topological polar surface area (TPSA) is 56.8 Å². The van der Waals surface area contributed by atoms with E-state index in [-0.39, 0.29) is 12.0 Å². The number of alkyl halides is 3. The summed E-state index contributed by atoms with van der Waals surface area (Å²) in [6.45, 7) is 4.56. The van der Waals surface area contributed by atoms with E-state index in [9.17, 15) is 18.0 Å². The first-order chi connectivity index (χ1) is 11.7. The monoisotopic (exact) mass is 361 g/mol. The predicted molar refractivity (Wildman–Crippen MR) is 84.6 cm³/mol. The molecule has 0 bridgehead atoms. The Bertz CT molecular complexity index is 604. The van der Waals surface area contributed by atoms with Crippen LogP contribution >= 0.6 is 0 Å². The van der Waals surface area contributed by atoms with Gasteiger partial charge in [-0.1, -0.05) is 19.9 Å². The van der Waals surface area contributed by atoms with Crippen molar-refractivity contribution in [2.45, 2.75) is 39.1 Å². The highest BCUT2D eigenvalue weighted by Crippen LogP contribution is 2.34. The molecule has 0 fully saturated rings. The van der Waals surface area contributed by atoms with Gasteiger partial charge in [-0.15, -0.1) is 0 Å². The first kappa shape index (κ1) is 19.4. The normalized spacial score (nSPS) is 16.4. The van der Waals surface area contributed by atoms with E-state index in [2.05, 4.69) is 10.1 Å². The molecule has 1 aromatic carbocycles. The lowest BCUT2D eigenvalue weighted by atomic mass is 9.95. The molecule has 5 nitrogen and oxygen atoms in total. The lowest BCUT2D eigenvalue weighted by molar-refractivity contribution is -0.185. The van der Waals surface area contributed by atoms with Crippen LogP contribution in [0.4, 0.5) is 13.2 Å². The fraction of sp³-hybridized carbons (Fsp3) is 0.588. The standard InChI is InChI=1S/C17H22F3NO4/c1-10(2)15(21-16(22)11(3)25-9-17(18,19)20)12-4-5-13-14(8-12)24-7-6-23-13/h4-5,8,10-11,15H,6-7,9H2,1-3H3,(H,21,22)/t11-,15-/m0/s1. The van der Waals surface area contributed by atoms with Gasteiger partial charge >= 0.3 is 6.18 Å². The number of rotatable bonds is 6. The molecule has 1 heterocycles. The highest BCUT2D eigenvalue weighted by Gasteiger charge is 2.31. The van der Waals surface area contributed by atoms with Crippen LogP contribution in [0.25, 0.3) is 0 Å². The molecule has 2 atom stereocenters. The number of benzene rings is 1. The molecule has 1 amide bonds. The van der Waals surface area contributed by atoms with Crippen molar-refractivity contribution >= 4 is 5.91 Å². The Hall–Kier alpha value is -1.96. The molecular weight excluding hydrogens is 339 g/mol. The maximum absolute atomic E-state index is 12.2. The van der Waals surface area contributed by atoms with E-state index < -0.39 is 24.8 Å². The summed E-state index contributed by atoms with van der Waals surface area (Å²) in [6.07, 6.45) is -5.68. The van der Waals surface area contributed by atoms with Crippen molar-refractivity contribution in [3.8, 4) is 11.5 Å². The van der Waals surface area contributed by atoms with Crippen LogP contribution in [0.3, 0.4) is 0 Å². The predicted octanol–water partition coefficient (Wildman–Crippen LogP) is 3.24. The van der Waals surface area contributed by atoms with E-state index in [1.807, 2.05) is 13.8 Å². The van der Waals surface area contributed by atoms with Crippen molar-refractivity contribution in [3.63, 3.8) is 0 Å². The van der Waals surface area contributed by atoms with Crippen LogP contribution in [0.1, 0.15) is 32.4 Å². The minimum atomic E-state index is -4.47. The van der Waals surface area contributed by atoms with Crippen molar-refractivity contribution in [2.75, 3.05) is 19.8 Å². The van der Waals surface area contributed by atoms with Gasteiger partial charge in [0.25, 0.3) is 0 Å². The van der Waals surface area contributed by atoms with Crippen molar-refractivity contribution in [3.05, 3.63) is 23.8 Å². The minimum absolute atomic E-state index is 0.0151. The van der Waals surface area contributed by atoms with Gasteiger partial charge in [-0.25, -0.2) is 0 Å². The molecular formula is C17H22F3NO4. The Morgan fingerprint density at radius 3 is 2.44 bits per heavy atom. The van der Waals surface area contributed by atoms with Gasteiger partial charge in [0.2, 0.25) is 5.91 Å². The first-order valence-electron chi connectivity index (χ1n) is 8.05. The largest absolute Gasteiger partial charge is 0.486 e. The Kier molecular flexibility index (Phi) is 6.16. The summed E-state index contributed by atoms with van der Waals surface area (Å²) in [4.78, 5) is 12.2. The fourth-order valence-corrected chi connectivity index (χ4v) is 2.45. The molecule has 0 saturated carbocycles.